The number of benzene rings is 2. The number of hydrogen-bond acceptors (Lipinski definition) is 4. The molecule has 32 heavy (non-hydrogen) atoms. The van der Waals surface area contributed by atoms with Crippen molar-refractivity contribution in [2.24, 2.45) is 5.92 Å². The molecule has 0 aliphatic rings. The van der Waals surface area contributed by atoms with E-state index in [0.717, 1.165) is 18.9 Å². The molecule has 2 atom stereocenters. The summed E-state index contributed by atoms with van der Waals surface area (Å²) in [6.07, 6.45) is -2.99. The topological polar surface area (TPSA) is 64.6 Å². The van der Waals surface area contributed by atoms with Gasteiger partial charge in [-0.1, -0.05) is 50.6 Å². The molecular weight excluding hydrogens is 423 g/mol. The van der Waals surface area contributed by atoms with Crippen LogP contribution >= 0.6 is 0 Å². The van der Waals surface area contributed by atoms with E-state index in [2.05, 4.69) is 19.2 Å². The number of carbonyl (C=O) groups excluding carboxylic acids is 2. The van der Waals surface area contributed by atoms with Crippen molar-refractivity contribution in [2.45, 2.75) is 45.3 Å². The van der Waals surface area contributed by atoms with Crippen LogP contribution in [0.5, 0.6) is 5.75 Å². The molecule has 0 spiro atoms. The number of rotatable bonds is 10. The van der Waals surface area contributed by atoms with Crippen LogP contribution in [0.2, 0.25) is 0 Å². The minimum atomic E-state index is -4.58. The number of nitrogens with one attached hydrogen (secondary N) is 1. The summed E-state index contributed by atoms with van der Waals surface area (Å²) in [6, 6.07) is 10.3. The van der Waals surface area contributed by atoms with Crippen LogP contribution in [0.4, 0.5) is 13.2 Å². The fourth-order valence-corrected chi connectivity index (χ4v) is 3.30. The van der Waals surface area contributed by atoms with Gasteiger partial charge in [0.2, 0.25) is 5.91 Å². The Morgan fingerprint density at radius 2 is 1.72 bits per heavy atom. The molecule has 0 bridgehead atoms. The standard InChI is InChI=1S/C24H28F3NO4/c1-4-7-16(2)15-32-19-12-10-17(11-13-19)22(23(30)31-3)28-21(29)14-18-8-5-6-9-20(18)24(25,26)27/h5-6,8-13,16,22H,4,7,14-15H2,1-3H3,(H,28,29)/t16?,22-/m1/s1. The minimum Gasteiger partial charge on any atom is -0.493 e. The number of esters is 1. The Labute approximate surface area is 185 Å². The van der Waals surface area contributed by atoms with E-state index in [1.54, 1.807) is 24.3 Å². The second-order valence-corrected chi connectivity index (χ2v) is 7.63. The van der Waals surface area contributed by atoms with E-state index in [1.807, 2.05) is 0 Å². The van der Waals surface area contributed by atoms with Gasteiger partial charge in [0.05, 0.1) is 25.7 Å². The largest absolute Gasteiger partial charge is 0.493 e. The summed E-state index contributed by atoms with van der Waals surface area (Å²) in [4.78, 5) is 24.7. The van der Waals surface area contributed by atoms with E-state index < -0.39 is 36.1 Å². The van der Waals surface area contributed by atoms with Crippen LogP contribution < -0.4 is 10.1 Å². The SMILES string of the molecule is CCCC(C)COc1ccc([C@@H](NC(=O)Cc2ccccc2C(F)(F)F)C(=O)OC)cc1. The fraction of sp³-hybridized carbons (Fsp3) is 0.417. The molecule has 0 radical (unpaired) electrons. The predicted molar refractivity (Wildman–Crippen MR) is 114 cm³/mol. The summed E-state index contributed by atoms with van der Waals surface area (Å²) in [5, 5.41) is 2.48. The van der Waals surface area contributed by atoms with Gasteiger partial charge in [0.1, 0.15) is 5.75 Å². The molecule has 8 heteroatoms. The molecule has 2 rings (SSSR count). The highest BCUT2D eigenvalue weighted by atomic mass is 19.4. The number of carbonyl (C=O) groups is 2. The van der Waals surface area contributed by atoms with Gasteiger partial charge in [-0.15, -0.1) is 0 Å². The number of methoxy groups -OCH3 is 1. The van der Waals surface area contributed by atoms with Gasteiger partial charge in [0.15, 0.2) is 6.04 Å². The average Bonchev–Trinajstić information content (AvgIpc) is 2.76. The lowest BCUT2D eigenvalue weighted by molar-refractivity contribution is -0.145. The quantitative estimate of drug-likeness (QED) is 0.511. The lowest BCUT2D eigenvalue weighted by Crippen LogP contribution is -2.35. The third kappa shape index (κ3) is 7.28. The predicted octanol–water partition coefficient (Wildman–Crippen LogP) is 5.09. The van der Waals surface area contributed by atoms with Gasteiger partial charge in [-0.3, -0.25) is 4.79 Å². The van der Waals surface area contributed by atoms with E-state index in [9.17, 15) is 22.8 Å². The second-order valence-electron chi connectivity index (χ2n) is 7.63. The van der Waals surface area contributed by atoms with Crippen LogP contribution in [0.25, 0.3) is 0 Å². The summed E-state index contributed by atoms with van der Waals surface area (Å²) >= 11 is 0. The lowest BCUT2D eigenvalue weighted by Gasteiger charge is -2.19. The number of amides is 1. The zero-order valence-electron chi connectivity index (χ0n) is 18.4. The molecule has 0 fully saturated rings. The highest BCUT2D eigenvalue weighted by molar-refractivity contribution is 5.86. The van der Waals surface area contributed by atoms with E-state index in [1.165, 1.54) is 25.3 Å². The van der Waals surface area contributed by atoms with E-state index in [0.29, 0.717) is 23.8 Å². The van der Waals surface area contributed by atoms with Gasteiger partial charge in [0.25, 0.3) is 0 Å². The van der Waals surface area contributed by atoms with Crippen LogP contribution in [0, 0.1) is 5.92 Å². The molecule has 2 aromatic rings. The van der Waals surface area contributed by atoms with E-state index >= 15 is 0 Å². The first-order chi connectivity index (χ1) is 15.2. The van der Waals surface area contributed by atoms with Crippen LogP contribution in [0.1, 0.15) is 49.4 Å². The Morgan fingerprint density at radius 3 is 2.31 bits per heavy atom. The maximum absolute atomic E-state index is 13.2. The van der Waals surface area contributed by atoms with Gasteiger partial charge < -0.3 is 14.8 Å². The number of hydrogen-bond donors (Lipinski definition) is 1. The summed E-state index contributed by atoms with van der Waals surface area (Å²) in [7, 11) is 1.17. The van der Waals surface area contributed by atoms with Crippen LogP contribution in [0.3, 0.4) is 0 Å². The Bertz CT molecular complexity index is 897. The zero-order chi connectivity index (χ0) is 23.7. The van der Waals surface area contributed by atoms with Gasteiger partial charge in [-0.2, -0.15) is 13.2 Å². The fourth-order valence-electron chi connectivity index (χ4n) is 3.30. The summed E-state index contributed by atoms with van der Waals surface area (Å²) in [5.41, 5.74) is -0.627. The second kappa shape index (κ2) is 11.5. The highest BCUT2D eigenvalue weighted by Crippen LogP contribution is 2.32. The maximum Gasteiger partial charge on any atom is 0.416 e. The number of halogens is 3. The van der Waals surface area contributed by atoms with Crippen LogP contribution in [0.15, 0.2) is 48.5 Å². The monoisotopic (exact) mass is 451 g/mol. The van der Waals surface area contributed by atoms with Crippen molar-refractivity contribution in [3.63, 3.8) is 0 Å². The molecule has 5 nitrogen and oxygen atoms in total. The minimum absolute atomic E-state index is 0.175. The Balaban J connectivity index is 2.11. The maximum atomic E-state index is 13.2. The molecule has 0 heterocycles. The van der Waals surface area contributed by atoms with Crippen molar-refractivity contribution < 1.29 is 32.2 Å². The summed E-state index contributed by atoms with van der Waals surface area (Å²) < 4.78 is 50.1. The molecule has 0 saturated heterocycles. The third-order valence-corrected chi connectivity index (χ3v) is 4.95. The summed E-state index contributed by atoms with van der Waals surface area (Å²) in [5.74, 6) is -0.439. The van der Waals surface area contributed by atoms with E-state index in [4.69, 9.17) is 9.47 Å². The molecule has 2 aromatic carbocycles. The molecular formula is C24H28F3NO4. The molecule has 0 saturated carbocycles. The first-order valence-corrected chi connectivity index (χ1v) is 10.4. The zero-order valence-corrected chi connectivity index (χ0v) is 18.4. The highest BCUT2D eigenvalue weighted by Gasteiger charge is 2.33. The number of ether oxygens (including phenoxy) is 2. The van der Waals surface area contributed by atoms with Gasteiger partial charge >= 0.3 is 12.1 Å². The Kier molecular flexibility index (Phi) is 9.11. The van der Waals surface area contributed by atoms with Gasteiger partial charge in [-0.05, 0) is 41.7 Å². The van der Waals surface area contributed by atoms with Crippen molar-refractivity contribution in [1.29, 1.82) is 0 Å². The molecule has 1 amide bonds. The van der Waals surface area contributed by atoms with Crippen molar-refractivity contribution in [3.8, 4) is 5.75 Å². The number of alkyl halides is 3. The first kappa shape index (κ1) is 25.2. The van der Waals surface area contributed by atoms with Crippen molar-refractivity contribution >= 4 is 11.9 Å². The molecule has 1 unspecified atom stereocenters. The summed E-state index contributed by atoms with van der Waals surface area (Å²) in [6.45, 7) is 4.76. The smallest absolute Gasteiger partial charge is 0.416 e. The normalized spacial score (nSPS) is 13.2. The van der Waals surface area contributed by atoms with E-state index in [-0.39, 0.29) is 5.56 Å². The lowest BCUT2D eigenvalue weighted by atomic mass is 10.0. The first-order valence-electron chi connectivity index (χ1n) is 10.4. The van der Waals surface area contributed by atoms with Gasteiger partial charge in [-0.25, -0.2) is 4.79 Å². The Hall–Kier alpha value is -3.03. The molecule has 0 aliphatic heterocycles. The van der Waals surface area contributed by atoms with Crippen molar-refractivity contribution in [1.82, 2.24) is 5.32 Å². The van der Waals surface area contributed by atoms with Crippen LogP contribution in [-0.4, -0.2) is 25.6 Å². The van der Waals surface area contributed by atoms with Crippen LogP contribution in [-0.2, 0) is 26.9 Å². The van der Waals surface area contributed by atoms with Crippen molar-refractivity contribution in [2.75, 3.05) is 13.7 Å². The molecule has 0 aliphatic carbocycles. The molecule has 174 valence electrons. The van der Waals surface area contributed by atoms with Crippen molar-refractivity contribution in [3.05, 3.63) is 65.2 Å². The Morgan fingerprint density at radius 1 is 1.06 bits per heavy atom. The van der Waals surface area contributed by atoms with Gasteiger partial charge in [0, 0.05) is 0 Å². The average molecular weight is 451 g/mol. The third-order valence-electron chi connectivity index (χ3n) is 4.95. The molecule has 0 aromatic heterocycles. The molecule has 1 N–H and O–H groups in total.